The largest absolute Gasteiger partial charge is 0.444 e. The molecule has 1 amide bonds. The van der Waals surface area contributed by atoms with E-state index in [0.29, 0.717) is 13.2 Å². The molecule has 4 atom stereocenters. The average molecular weight is 755 g/mol. The van der Waals surface area contributed by atoms with Gasteiger partial charge in [-0.1, -0.05) is 0 Å². The van der Waals surface area contributed by atoms with E-state index in [0.717, 1.165) is 136 Å². The number of hydrogen-bond acceptors (Lipinski definition) is 12. The lowest BCUT2D eigenvalue weighted by atomic mass is 9.73. The Morgan fingerprint density at radius 2 is 1.69 bits per heavy atom. The minimum atomic E-state index is -0.566. The molecule has 0 aliphatic carbocycles. The van der Waals surface area contributed by atoms with Crippen molar-refractivity contribution in [3.63, 3.8) is 0 Å². The molecule has 0 saturated carbocycles. The number of carbonyl (C=O) groups excluding carboxylic acids is 1. The van der Waals surface area contributed by atoms with E-state index in [1.807, 2.05) is 55.5 Å². The van der Waals surface area contributed by atoms with Gasteiger partial charge in [0.1, 0.15) is 11.4 Å². The fourth-order valence-corrected chi connectivity index (χ4v) is 9.13. The maximum absolute atomic E-state index is 12.8. The first-order chi connectivity index (χ1) is 26.7. The number of rotatable bonds is 6. The van der Waals surface area contributed by atoms with Gasteiger partial charge in [-0.2, -0.15) is 5.10 Å². The first-order valence-electron chi connectivity index (χ1n) is 20.3. The van der Waals surface area contributed by atoms with Crippen molar-refractivity contribution >= 4 is 34.6 Å². The number of piperidine rings is 1. The smallest absolute Gasteiger partial charge is 0.407 e. The fraction of sp³-hybridized carbons (Fsp3) is 0.650. The van der Waals surface area contributed by atoms with Crippen molar-refractivity contribution in [3.05, 3.63) is 36.3 Å². The van der Waals surface area contributed by atoms with E-state index in [-0.39, 0.29) is 30.0 Å². The van der Waals surface area contributed by atoms with Crippen molar-refractivity contribution < 1.29 is 23.7 Å². The Hall–Kier alpha value is -4.34. The van der Waals surface area contributed by atoms with Gasteiger partial charge < -0.3 is 34.1 Å². The Morgan fingerprint density at radius 3 is 2.42 bits per heavy atom. The van der Waals surface area contributed by atoms with Crippen LogP contribution >= 0.6 is 0 Å². The summed E-state index contributed by atoms with van der Waals surface area (Å²) >= 11 is 0. The lowest BCUT2D eigenvalue weighted by molar-refractivity contribution is -0.0384. The molecule has 4 aromatic rings. The highest BCUT2D eigenvalue weighted by atomic mass is 16.6. The van der Waals surface area contributed by atoms with Gasteiger partial charge in [0, 0.05) is 44.5 Å². The van der Waals surface area contributed by atoms with E-state index in [4.69, 9.17) is 39.0 Å². The fourth-order valence-electron chi connectivity index (χ4n) is 9.13. The zero-order valence-electron chi connectivity index (χ0n) is 32.6. The number of nitrogens with zero attached hydrogens (tertiary/aromatic N) is 9. The first kappa shape index (κ1) is 36.3. The molecular formula is C40H54N10O5. The maximum atomic E-state index is 12.8. The summed E-state index contributed by atoms with van der Waals surface area (Å²) in [6.07, 6.45) is 12.7. The summed E-state index contributed by atoms with van der Waals surface area (Å²) in [7, 11) is 0. The number of anilines is 3. The van der Waals surface area contributed by atoms with E-state index < -0.39 is 11.7 Å². The summed E-state index contributed by atoms with van der Waals surface area (Å²) in [5.41, 5.74) is 4.71. The van der Waals surface area contributed by atoms with Gasteiger partial charge in [0.05, 0.1) is 47.7 Å². The van der Waals surface area contributed by atoms with Crippen LogP contribution in [0.4, 0.5) is 22.1 Å². The highest BCUT2D eigenvalue weighted by Crippen LogP contribution is 2.44. The van der Waals surface area contributed by atoms with Crippen LogP contribution in [0.5, 0.6) is 0 Å². The van der Waals surface area contributed by atoms with Gasteiger partial charge in [0.15, 0.2) is 29.4 Å². The minimum Gasteiger partial charge on any atom is -0.444 e. The van der Waals surface area contributed by atoms with E-state index in [1.165, 1.54) is 0 Å². The van der Waals surface area contributed by atoms with Crippen molar-refractivity contribution in [2.45, 2.75) is 122 Å². The third-order valence-electron chi connectivity index (χ3n) is 12.0. The van der Waals surface area contributed by atoms with Crippen molar-refractivity contribution in [1.29, 1.82) is 0 Å². The van der Waals surface area contributed by atoms with Gasteiger partial charge in [0.25, 0.3) is 0 Å². The number of nitrogens with one attached hydrogen (secondary N) is 1. The molecule has 1 spiro atoms. The second-order valence-electron chi connectivity index (χ2n) is 16.9. The van der Waals surface area contributed by atoms with Gasteiger partial charge in [-0.05, 0) is 110 Å². The van der Waals surface area contributed by atoms with E-state index >= 15 is 0 Å². The predicted octanol–water partition coefficient (Wildman–Crippen LogP) is 6.47. The standard InChI is InChI=1S/C40H54N10O5/c1-26-35(45-38(51)55-39(2,3)4)40(25-54-26)16-20-47(21-17-40)31-24-41-34-36(44-31)50(33-12-6-8-23-53-33)46-37(34)48-19-9-10-27-29(48)14-13-28(43-27)30-15-18-42-49(30)32-11-5-7-22-52-32/h13-15,18,24,26,32-33,35H,5-12,16-17,19-23,25H2,1-4H3,(H,45,51)/t26-,32?,33?,35+/m0/s1. The number of alkyl carbamates (subject to hydrolysis) is 1. The summed E-state index contributed by atoms with van der Waals surface area (Å²) in [6, 6.07) is 6.16. The lowest BCUT2D eigenvalue weighted by Gasteiger charge is -2.42. The van der Waals surface area contributed by atoms with Crippen LogP contribution in [-0.2, 0) is 25.4 Å². The summed E-state index contributed by atoms with van der Waals surface area (Å²) < 4.78 is 28.1. The normalized spacial score (nSPS) is 25.7. The maximum Gasteiger partial charge on any atom is 0.407 e. The van der Waals surface area contributed by atoms with E-state index in [2.05, 4.69) is 32.3 Å². The molecule has 2 unspecified atom stereocenters. The Labute approximate surface area is 322 Å². The highest BCUT2D eigenvalue weighted by molar-refractivity contribution is 5.88. The zero-order chi connectivity index (χ0) is 37.7. The molecule has 15 heteroatoms. The van der Waals surface area contributed by atoms with Gasteiger partial charge in [-0.15, -0.1) is 5.10 Å². The number of carbonyl (C=O) groups is 1. The molecule has 9 heterocycles. The summed E-state index contributed by atoms with van der Waals surface area (Å²) in [4.78, 5) is 33.0. The quantitative estimate of drug-likeness (QED) is 0.230. The molecule has 4 saturated heterocycles. The third kappa shape index (κ3) is 7.03. The number of pyridine rings is 1. The number of amides is 1. The molecule has 4 aromatic heterocycles. The Bertz CT molecular complexity index is 2000. The minimum absolute atomic E-state index is 0.0570. The molecule has 0 aromatic carbocycles. The van der Waals surface area contributed by atoms with Crippen molar-refractivity contribution in [2.75, 3.05) is 49.3 Å². The Kier molecular flexibility index (Phi) is 9.66. The van der Waals surface area contributed by atoms with Crippen LogP contribution in [0.3, 0.4) is 0 Å². The second-order valence-corrected chi connectivity index (χ2v) is 16.9. The molecule has 0 bridgehead atoms. The van der Waals surface area contributed by atoms with Gasteiger partial charge >= 0.3 is 6.09 Å². The lowest BCUT2D eigenvalue weighted by Crippen LogP contribution is -2.55. The molecule has 9 rings (SSSR count). The first-order valence-corrected chi connectivity index (χ1v) is 20.3. The summed E-state index contributed by atoms with van der Waals surface area (Å²) in [5, 5.41) is 13.0. The highest BCUT2D eigenvalue weighted by Gasteiger charge is 2.50. The Morgan fingerprint density at radius 1 is 0.927 bits per heavy atom. The molecule has 5 aliphatic heterocycles. The topological polar surface area (TPSA) is 147 Å². The Balaban J connectivity index is 0.991. The zero-order valence-corrected chi connectivity index (χ0v) is 32.6. The molecule has 55 heavy (non-hydrogen) atoms. The van der Waals surface area contributed by atoms with E-state index in [1.54, 1.807) is 0 Å². The van der Waals surface area contributed by atoms with Crippen LogP contribution in [0.1, 0.15) is 104 Å². The molecular weight excluding hydrogens is 701 g/mol. The number of ether oxygens (including phenoxy) is 4. The van der Waals surface area contributed by atoms with Crippen LogP contribution in [0, 0.1) is 5.41 Å². The SMILES string of the molecule is C[C@@H]1OCC2(CCN(c3cnc4c(N5CCCc6nc(-c7ccnn7C7CCCCO7)ccc65)nn(C5CCCCO5)c4n3)CC2)[C@@H]1NC(=O)OC(C)(C)C. The van der Waals surface area contributed by atoms with Gasteiger partial charge in [-0.3, -0.25) is 0 Å². The van der Waals surface area contributed by atoms with Crippen molar-refractivity contribution in [2.24, 2.45) is 5.41 Å². The molecule has 0 radical (unpaired) electrons. The molecule has 5 aliphatic rings. The van der Waals surface area contributed by atoms with Crippen molar-refractivity contribution in [1.82, 2.24) is 39.8 Å². The number of aromatic nitrogens is 7. The van der Waals surface area contributed by atoms with Crippen LogP contribution < -0.4 is 15.1 Å². The van der Waals surface area contributed by atoms with E-state index in [9.17, 15) is 4.79 Å². The number of hydrogen-bond donors (Lipinski definition) is 1. The molecule has 294 valence electrons. The van der Waals surface area contributed by atoms with Gasteiger partial charge in [-0.25, -0.2) is 29.1 Å². The summed E-state index contributed by atoms with van der Waals surface area (Å²) in [5.74, 6) is 1.60. The van der Waals surface area contributed by atoms with Gasteiger partial charge in [0.2, 0.25) is 0 Å². The number of aryl methyl sites for hydroxylation is 1. The molecule has 15 nitrogen and oxygen atoms in total. The number of fused-ring (bicyclic) bond motifs is 2. The van der Waals surface area contributed by atoms with Crippen LogP contribution in [0.15, 0.2) is 30.6 Å². The van der Waals surface area contributed by atoms with Crippen LogP contribution in [-0.4, -0.2) is 97.8 Å². The summed E-state index contributed by atoms with van der Waals surface area (Å²) in [6.45, 7) is 12.1. The third-order valence-corrected chi connectivity index (χ3v) is 12.0. The molecule has 1 N–H and O–H groups in total. The van der Waals surface area contributed by atoms with Crippen molar-refractivity contribution in [3.8, 4) is 11.4 Å². The second kappa shape index (κ2) is 14.6. The monoisotopic (exact) mass is 754 g/mol. The predicted molar refractivity (Wildman–Crippen MR) is 206 cm³/mol. The van der Waals surface area contributed by atoms with Crippen LogP contribution in [0.25, 0.3) is 22.6 Å². The molecule has 4 fully saturated rings. The van der Waals surface area contributed by atoms with Crippen LogP contribution in [0.2, 0.25) is 0 Å². The average Bonchev–Trinajstić information content (AvgIpc) is 3.91.